The number of nitrogens with zero attached hydrogens (tertiary/aromatic N) is 5. The van der Waals surface area contributed by atoms with Gasteiger partial charge in [0.15, 0.2) is 0 Å². The molecule has 1 aromatic heterocycles. The van der Waals surface area contributed by atoms with E-state index in [4.69, 9.17) is 0 Å². The SMILES string of the molecule is Cc1c(C(=O)C[N+]2=CN=C3C2C(=O)N(C)C(=O)N3C)c2ccccc2n1C. The van der Waals surface area contributed by atoms with Gasteiger partial charge in [-0.25, -0.2) is 9.37 Å². The molecule has 0 spiro atoms. The number of fused-ring (bicyclic) bond motifs is 2. The van der Waals surface area contributed by atoms with Crippen LogP contribution in [0.1, 0.15) is 16.1 Å². The number of imide groups is 1. The van der Waals surface area contributed by atoms with Crippen molar-refractivity contribution in [3.05, 3.63) is 35.5 Å². The quantitative estimate of drug-likeness (QED) is 0.601. The maximum atomic E-state index is 13.1. The number of benzene rings is 1. The highest BCUT2D eigenvalue weighted by Crippen LogP contribution is 2.26. The zero-order chi connectivity index (χ0) is 19.5. The van der Waals surface area contributed by atoms with Crippen LogP contribution in [0.2, 0.25) is 0 Å². The summed E-state index contributed by atoms with van der Waals surface area (Å²) in [5.41, 5.74) is 2.51. The minimum Gasteiger partial charge on any atom is -0.347 e. The van der Waals surface area contributed by atoms with Crippen molar-refractivity contribution in [3.8, 4) is 0 Å². The Morgan fingerprint density at radius 1 is 1.15 bits per heavy atom. The van der Waals surface area contributed by atoms with E-state index in [0.717, 1.165) is 21.5 Å². The van der Waals surface area contributed by atoms with Gasteiger partial charge >= 0.3 is 6.03 Å². The molecule has 4 rings (SSSR count). The van der Waals surface area contributed by atoms with Gasteiger partial charge in [-0.3, -0.25) is 19.4 Å². The summed E-state index contributed by atoms with van der Waals surface area (Å²) in [5, 5.41) is 0.891. The van der Waals surface area contributed by atoms with Crippen molar-refractivity contribution in [2.24, 2.45) is 12.0 Å². The number of urea groups is 1. The van der Waals surface area contributed by atoms with Crippen LogP contribution in [0.15, 0.2) is 29.3 Å². The molecule has 1 atom stereocenters. The lowest BCUT2D eigenvalue weighted by Crippen LogP contribution is -2.61. The Balaban J connectivity index is 1.67. The molecule has 2 aromatic rings. The second kappa shape index (κ2) is 5.87. The van der Waals surface area contributed by atoms with Crippen molar-refractivity contribution in [1.29, 1.82) is 0 Å². The van der Waals surface area contributed by atoms with Crippen LogP contribution < -0.4 is 0 Å². The molecule has 8 nitrogen and oxygen atoms in total. The first-order valence-corrected chi connectivity index (χ1v) is 8.62. The van der Waals surface area contributed by atoms with Crippen molar-refractivity contribution < 1.29 is 19.0 Å². The average Bonchev–Trinajstić information content (AvgIpc) is 3.18. The molecule has 8 heteroatoms. The second-order valence-electron chi connectivity index (χ2n) is 6.88. The molecule has 2 aliphatic heterocycles. The fraction of sp³-hybridized carbons (Fsp3) is 0.316. The van der Waals surface area contributed by atoms with Crippen molar-refractivity contribution in [2.75, 3.05) is 20.6 Å². The summed E-state index contributed by atoms with van der Waals surface area (Å²) in [6.07, 6.45) is 1.47. The van der Waals surface area contributed by atoms with Crippen molar-refractivity contribution in [3.63, 3.8) is 0 Å². The van der Waals surface area contributed by atoms with Crippen LogP contribution in [0, 0.1) is 6.92 Å². The largest absolute Gasteiger partial charge is 0.347 e. The number of para-hydroxylation sites is 1. The summed E-state index contributed by atoms with van der Waals surface area (Å²) in [7, 11) is 4.94. The number of aromatic nitrogens is 1. The van der Waals surface area contributed by atoms with Crippen molar-refractivity contribution >= 4 is 40.8 Å². The van der Waals surface area contributed by atoms with E-state index in [1.165, 1.54) is 18.3 Å². The standard InChI is InChI=1S/C19H20N5O3/c1-11-15(12-7-5-6-8-13(12)21(11)2)14(25)9-24-10-20-17-16(24)18(26)23(4)19(27)22(17)3/h5-8,10,16H,9H2,1-4H3/q+1. The third-order valence-electron chi connectivity index (χ3n) is 5.40. The van der Waals surface area contributed by atoms with Gasteiger partial charge in [-0.05, 0) is 18.0 Å². The van der Waals surface area contributed by atoms with Crippen LogP contribution in [0.25, 0.3) is 10.9 Å². The minimum absolute atomic E-state index is 0.00806. The van der Waals surface area contributed by atoms with Gasteiger partial charge in [0.2, 0.25) is 5.78 Å². The van der Waals surface area contributed by atoms with Gasteiger partial charge in [-0.15, -0.1) is 0 Å². The van der Waals surface area contributed by atoms with Gasteiger partial charge in [0.05, 0.1) is 5.56 Å². The number of amidine groups is 1. The van der Waals surface area contributed by atoms with E-state index in [0.29, 0.717) is 11.4 Å². The second-order valence-corrected chi connectivity index (χ2v) is 6.88. The van der Waals surface area contributed by atoms with Crippen LogP contribution in [0.4, 0.5) is 4.79 Å². The lowest BCUT2D eigenvalue weighted by atomic mass is 10.1. The van der Waals surface area contributed by atoms with E-state index in [2.05, 4.69) is 4.99 Å². The van der Waals surface area contributed by atoms with E-state index >= 15 is 0 Å². The lowest BCUT2D eigenvalue weighted by Gasteiger charge is -2.30. The van der Waals surface area contributed by atoms with E-state index in [1.54, 1.807) is 11.6 Å². The van der Waals surface area contributed by atoms with E-state index in [1.807, 2.05) is 42.8 Å². The number of likely N-dealkylation sites (N-methyl/N-ethyl adjacent to an activating group) is 2. The fourth-order valence-electron chi connectivity index (χ4n) is 3.79. The summed E-state index contributed by atoms with van der Waals surface area (Å²) in [6.45, 7) is 1.92. The highest BCUT2D eigenvalue weighted by molar-refractivity contribution is 6.21. The summed E-state index contributed by atoms with van der Waals surface area (Å²) in [6, 6.07) is 6.56. The highest BCUT2D eigenvalue weighted by Gasteiger charge is 2.50. The molecule has 0 bridgehead atoms. The molecule has 1 fully saturated rings. The molecule has 1 aromatic carbocycles. The molecule has 138 valence electrons. The Labute approximate surface area is 156 Å². The number of aryl methyl sites for hydroxylation is 1. The number of hydrogen-bond acceptors (Lipinski definition) is 4. The maximum absolute atomic E-state index is 13.1. The van der Waals surface area contributed by atoms with Crippen LogP contribution in [0.5, 0.6) is 0 Å². The topological polar surface area (TPSA) is 78.0 Å². The fourth-order valence-corrected chi connectivity index (χ4v) is 3.79. The smallest absolute Gasteiger partial charge is 0.333 e. The number of aliphatic imine (C=N–C) groups is 1. The van der Waals surface area contributed by atoms with Gasteiger partial charge in [0.25, 0.3) is 24.1 Å². The predicted molar refractivity (Wildman–Crippen MR) is 100 cm³/mol. The van der Waals surface area contributed by atoms with Crippen LogP contribution >= 0.6 is 0 Å². The Morgan fingerprint density at radius 2 is 1.85 bits per heavy atom. The molecule has 0 saturated carbocycles. The lowest BCUT2D eigenvalue weighted by molar-refractivity contribution is -0.517. The van der Waals surface area contributed by atoms with Crippen LogP contribution in [-0.4, -0.2) is 75.5 Å². The average molecular weight is 366 g/mol. The van der Waals surface area contributed by atoms with E-state index in [-0.39, 0.29) is 18.2 Å². The number of hydrogen-bond donors (Lipinski definition) is 0. The summed E-state index contributed by atoms with van der Waals surface area (Å²) in [4.78, 5) is 44.4. The Morgan fingerprint density at radius 3 is 2.59 bits per heavy atom. The Bertz CT molecular complexity index is 1080. The number of amides is 3. The molecule has 0 radical (unpaired) electrons. The molecule has 0 aliphatic carbocycles. The van der Waals surface area contributed by atoms with Gasteiger partial charge < -0.3 is 4.57 Å². The van der Waals surface area contributed by atoms with Gasteiger partial charge in [-0.1, -0.05) is 18.2 Å². The third kappa shape index (κ3) is 2.33. The molecule has 1 saturated heterocycles. The summed E-state index contributed by atoms with van der Waals surface area (Å²) >= 11 is 0. The molecule has 27 heavy (non-hydrogen) atoms. The minimum atomic E-state index is -0.753. The first-order valence-electron chi connectivity index (χ1n) is 8.62. The highest BCUT2D eigenvalue weighted by atomic mass is 16.2. The number of rotatable bonds is 3. The van der Waals surface area contributed by atoms with Gasteiger partial charge in [-0.2, -0.15) is 0 Å². The molecule has 1 unspecified atom stereocenters. The normalized spacial score (nSPS) is 19.5. The molecule has 2 aliphatic rings. The Kier molecular flexibility index (Phi) is 3.73. The maximum Gasteiger partial charge on any atom is 0.333 e. The first kappa shape index (κ1) is 17.1. The molecule has 3 heterocycles. The molecular formula is C19H20N5O3+. The summed E-state index contributed by atoms with van der Waals surface area (Å²) < 4.78 is 3.59. The third-order valence-corrected chi connectivity index (χ3v) is 5.40. The first-order chi connectivity index (χ1) is 12.8. The molecular weight excluding hydrogens is 346 g/mol. The van der Waals surface area contributed by atoms with E-state index in [9.17, 15) is 14.4 Å². The number of carbonyl (C=O) groups excluding carboxylic acids is 3. The number of ketones is 1. The van der Waals surface area contributed by atoms with E-state index < -0.39 is 12.1 Å². The number of Topliss-reactive ketones (excluding diaryl/α,β-unsaturated/α-hetero) is 1. The van der Waals surface area contributed by atoms with Crippen LogP contribution in [-0.2, 0) is 11.8 Å². The van der Waals surface area contributed by atoms with Gasteiger partial charge in [0.1, 0.15) is 6.54 Å². The number of carbonyl (C=O) groups is 3. The summed E-state index contributed by atoms with van der Waals surface area (Å²) in [5.74, 6) is -0.120. The molecule has 3 amide bonds. The zero-order valence-corrected chi connectivity index (χ0v) is 15.6. The zero-order valence-electron chi connectivity index (χ0n) is 15.6. The van der Waals surface area contributed by atoms with Crippen LogP contribution in [0.3, 0.4) is 0 Å². The Hall–Kier alpha value is -3.29. The van der Waals surface area contributed by atoms with Gasteiger partial charge in [0, 0.05) is 37.7 Å². The van der Waals surface area contributed by atoms with Crippen molar-refractivity contribution in [1.82, 2.24) is 14.4 Å². The predicted octanol–water partition coefficient (Wildman–Crippen LogP) is 1.01. The monoisotopic (exact) mass is 366 g/mol. The molecule has 0 N–H and O–H groups in total. The van der Waals surface area contributed by atoms with Crippen molar-refractivity contribution in [2.45, 2.75) is 13.0 Å².